The normalized spacial score (nSPS) is 10.6. The number of benzene rings is 1. The van der Waals surface area contributed by atoms with E-state index < -0.39 is 24.0 Å². The Hall–Kier alpha value is -2.89. The summed E-state index contributed by atoms with van der Waals surface area (Å²) in [5.41, 5.74) is 0.926. The number of ketones is 2. The molecule has 1 heterocycles. The largest absolute Gasteiger partial charge is 0.491 e. The molecule has 0 saturated carbocycles. The molecule has 0 saturated heterocycles. The number of methoxy groups -OCH3 is 1. The van der Waals surface area contributed by atoms with Gasteiger partial charge in [0.1, 0.15) is 11.5 Å². The smallest absolute Gasteiger partial charge is 0.374 e. The summed E-state index contributed by atoms with van der Waals surface area (Å²) in [7, 11) is 1.09. The van der Waals surface area contributed by atoms with Crippen LogP contribution >= 0.6 is 0 Å². The lowest BCUT2D eigenvalue weighted by Gasteiger charge is -2.13. The highest BCUT2D eigenvalue weighted by Gasteiger charge is 2.21. The van der Waals surface area contributed by atoms with Crippen molar-refractivity contribution in [1.82, 2.24) is 0 Å². The van der Waals surface area contributed by atoms with Crippen LogP contribution in [0.25, 0.3) is 0 Å². The van der Waals surface area contributed by atoms with E-state index >= 15 is 0 Å². The fraction of sp³-hybridized carbons (Fsp3) is 0.316. The molecule has 0 unspecified atom stereocenters. The monoisotopic (exact) mass is 344 g/mol. The van der Waals surface area contributed by atoms with Gasteiger partial charge in [0.2, 0.25) is 11.6 Å². The van der Waals surface area contributed by atoms with E-state index in [1.54, 1.807) is 6.07 Å². The van der Waals surface area contributed by atoms with E-state index in [0.29, 0.717) is 12.2 Å². The van der Waals surface area contributed by atoms with E-state index in [2.05, 4.69) is 4.74 Å². The van der Waals surface area contributed by atoms with Crippen molar-refractivity contribution in [2.75, 3.05) is 7.11 Å². The Bertz CT molecular complexity index is 772. The lowest BCUT2D eigenvalue weighted by atomic mass is 10.1. The Morgan fingerprint density at radius 1 is 1.08 bits per heavy atom. The molecule has 1 aromatic carbocycles. The highest BCUT2D eigenvalue weighted by molar-refractivity contribution is 6.37. The molecule has 0 amide bonds. The van der Waals surface area contributed by atoms with Gasteiger partial charge in [0, 0.05) is 12.0 Å². The predicted molar refractivity (Wildman–Crippen MR) is 89.7 cm³/mol. The van der Waals surface area contributed by atoms with Crippen LogP contribution in [0, 0.1) is 0 Å². The minimum Gasteiger partial charge on any atom is -0.491 e. The third-order valence-electron chi connectivity index (χ3n) is 3.37. The Balaban J connectivity index is 2.08. The Morgan fingerprint density at radius 2 is 1.80 bits per heavy atom. The number of carbonyl (C=O) groups is 3. The summed E-state index contributed by atoms with van der Waals surface area (Å²) >= 11 is 0. The zero-order valence-corrected chi connectivity index (χ0v) is 14.4. The van der Waals surface area contributed by atoms with E-state index in [1.165, 1.54) is 6.07 Å². The number of hydrogen-bond donors (Lipinski definition) is 0. The second-order valence-electron chi connectivity index (χ2n) is 5.73. The number of carbonyl (C=O) groups excluding carboxylic acids is 3. The number of ether oxygens (including phenoxy) is 2. The van der Waals surface area contributed by atoms with E-state index in [4.69, 9.17) is 9.15 Å². The predicted octanol–water partition coefficient (Wildman–Crippen LogP) is 2.97. The first-order valence-electron chi connectivity index (χ1n) is 7.88. The van der Waals surface area contributed by atoms with Gasteiger partial charge < -0.3 is 13.9 Å². The zero-order valence-electron chi connectivity index (χ0n) is 14.4. The van der Waals surface area contributed by atoms with Crippen LogP contribution in [0.5, 0.6) is 5.75 Å². The lowest BCUT2D eigenvalue weighted by Crippen LogP contribution is -2.19. The Kier molecular flexibility index (Phi) is 6.11. The first-order chi connectivity index (χ1) is 11.9. The van der Waals surface area contributed by atoms with Crippen LogP contribution in [0.3, 0.4) is 0 Å². The highest BCUT2D eigenvalue weighted by Crippen LogP contribution is 2.23. The fourth-order valence-electron chi connectivity index (χ4n) is 2.25. The van der Waals surface area contributed by atoms with Gasteiger partial charge in [-0.25, -0.2) is 4.79 Å². The summed E-state index contributed by atoms with van der Waals surface area (Å²) in [5, 5.41) is 0. The number of furan rings is 1. The minimum absolute atomic E-state index is 0.0366. The molecule has 0 radical (unpaired) electrons. The van der Waals surface area contributed by atoms with E-state index in [1.807, 2.05) is 38.1 Å². The van der Waals surface area contributed by atoms with Crippen molar-refractivity contribution < 1.29 is 28.3 Å². The third kappa shape index (κ3) is 5.04. The van der Waals surface area contributed by atoms with Crippen LogP contribution in [-0.4, -0.2) is 30.7 Å². The van der Waals surface area contributed by atoms with Gasteiger partial charge >= 0.3 is 5.97 Å². The molecule has 0 aliphatic rings. The van der Waals surface area contributed by atoms with Gasteiger partial charge in [-0.1, -0.05) is 18.2 Å². The third-order valence-corrected chi connectivity index (χ3v) is 3.37. The maximum absolute atomic E-state index is 12.0. The molecular weight excluding hydrogens is 324 g/mol. The molecule has 6 nitrogen and oxygen atoms in total. The van der Waals surface area contributed by atoms with Gasteiger partial charge in [0.05, 0.1) is 19.6 Å². The van der Waals surface area contributed by atoms with Gasteiger partial charge in [-0.2, -0.15) is 0 Å². The van der Waals surface area contributed by atoms with E-state index in [9.17, 15) is 14.4 Å². The molecule has 6 heteroatoms. The Morgan fingerprint density at radius 3 is 2.48 bits per heavy atom. The van der Waals surface area contributed by atoms with Crippen molar-refractivity contribution in [3.8, 4) is 5.75 Å². The van der Waals surface area contributed by atoms with Crippen LogP contribution in [-0.2, 0) is 20.7 Å². The maximum Gasteiger partial charge on any atom is 0.374 e. The van der Waals surface area contributed by atoms with Gasteiger partial charge in [0.25, 0.3) is 0 Å². The van der Waals surface area contributed by atoms with Crippen molar-refractivity contribution >= 4 is 17.5 Å². The zero-order chi connectivity index (χ0) is 18.4. The van der Waals surface area contributed by atoms with E-state index in [-0.39, 0.29) is 11.9 Å². The highest BCUT2D eigenvalue weighted by atomic mass is 16.5. The summed E-state index contributed by atoms with van der Waals surface area (Å²) in [4.78, 5) is 34.5. The van der Waals surface area contributed by atoms with Crippen molar-refractivity contribution in [2.45, 2.75) is 32.8 Å². The average Bonchev–Trinajstić information content (AvgIpc) is 3.04. The first kappa shape index (κ1) is 18.4. The molecule has 0 N–H and O–H groups in total. The van der Waals surface area contributed by atoms with Gasteiger partial charge in [-0.15, -0.1) is 0 Å². The van der Waals surface area contributed by atoms with Crippen LogP contribution in [0.1, 0.15) is 42.1 Å². The number of rotatable bonds is 8. The molecule has 2 rings (SSSR count). The SMILES string of the molecule is COC(=O)C(=O)CC(=O)c1ccc(Cc2ccccc2OC(C)C)o1. The number of para-hydroxylation sites is 1. The molecule has 0 atom stereocenters. The van der Waals surface area contributed by atoms with Crippen LogP contribution < -0.4 is 4.74 Å². The number of esters is 1. The standard InChI is InChI=1S/C19H20O6/c1-12(2)24-17-7-5-4-6-13(17)10-14-8-9-18(25-14)15(20)11-16(21)19(22)23-3/h4-9,12H,10-11H2,1-3H3. The van der Waals surface area contributed by atoms with Crippen molar-refractivity contribution in [3.05, 3.63) is 53.5 Å². The van der Waals surface area contributed by atoms with Crippen LogP contribution in [0.4, 0.5) is 0 Å². The number of Topliss-reactive ketones (excluding diaryl/α,β-unsaturated/α-hetero) is 2. The fourth-order valence-corrected chi connectivity index (χ4v) is 2.25. The van der Waals surface area contributed by atoms with Gasteiger partial charge in [-0.05, 0) is 32.0 Å². The molecule has 0 fully saturated rings. The quantitative estimate of drug-likeness (QED) is 0.317. The Labute approximate surface area is 145 Å². The lowest BCUT2D eigenvalue weighted by molar-refractivity contribution is -0.151. The molecule has 0 spiro atoms. The second kappa shape index (κ2) is 8.28. The molecule has 132 valence electrons. The summed E-state index contributed by atoms with van der Waals surface area (Å²) in [6.07, 6.45) is -0.0902. The number of hydrogen-bond acceptors (Lipinski definition) is 6. The van der Waals surface area contributed by atoms with Crippen molar-refractivity contribution in [2.24, 2.45) is 0 Å². The second-order valence-corrected chi connectivity index (χ2v) is 5.73. The summed E-state index contributed by atoms with van der Waals surface area (Å²) < 4.78 is 15.6. The van der Waals surface area contributed by atoms with Crippen molar-refractivity contribution in [1.29, 1.82) is 0 Å². The minimum atomic E-state index is -1.04. The summed E-state index contributed by atoms with van der Waals surface area (Å²) in [6.45, 7) is 3.89. The maximum atomic E-state index is 12.0. The first-order valence-corrected chi connectivity index (χ1v) is 7.88. The molecule has 25 heavy (non-hydrogen) atoms. The molecular formula is C19H20O6. The van der Waals surface area contributed by atoms with Gasteiger partial charge in [-0.3, -0.25) is 9.59 Å². The topological polar surface area (TPSA) is 82.8 Å². The molecule has 0 bridgehead atoms. The van der Waals surface area contributed by atoms with Crippen molar-refractivity contribution in [3.63, 3.8) is 0 Å². The van der Waals surface area contributed by atoms with E-state index in [0.717, 1.165) is 18.4 Å². The van der Waals surface area contributed by atoms with Gasteiger partial charge in [0.15, 0.2) is 5.76 Å². The average molecular weight is 344 g/mol. The molecule has 0 aliphatic heterocycles. The summed E-state index contributed by atoms with van der Waals surface area (Å²) in [6, 6.07) is 10.7. The van der Waals surface area contributed by atoms with Crippen LogP contribution in [0.15, 0.2) is 40.8 Å². The van der Waals surface area contributed by atoms with Crippen LogP contribution in [0.2, 0.25) is 0 Å². The molecule has 2 aromatic rings. The molecule has 0 aliphatic carbocycles. The molecule has 1 aromatic heterocycles. The summed E-state index contributed by atoms with van der Waals surface area (Å²) in [5.74, 6) is -1.15.